The summed E-state index contributed by atoms with van der Waals surface area (Å²) >= 11 is 1.26. The van der Waals surface area contributed by atoms with E-state index in [1.165, 1.54) is 22.4 Å². The van der Waals surface area contributed by atoms with E-state index >= 15 is 0 Å². The smallest absolute Gasteiger partial charge is 0.326 e. The number of aromatic nitrogens is 1. The van der Waals surface area contributed by atoms with E-state index in [1.807, 2.05) is 0 Å². The molecule has 1 aliphatic carbocycles. The third-order valence-electron chi connectivity index (χ3n) is 4.05. The minimum atomic E-state index is -0.873. The molecule has 1 aromatic rings. The summed E-state index contributed by atoms with van der Waals surface area (Å²) in [5.41, 5.74) is 1.60. The maximum atomic E-state index is 12.3. The van der Waals surface area contributed by atoms with Crippen molar-refractivity contribution in [1.82, 2.24) is 9.88 Å². The number of nitrogens with zero attached hydrogens (tertiary/aromatic N) is 2. The van der Waals surface area contributed by atoms with Crippen LogP contribution in [0.15, 0.2) is 11.7 Å². The number of carbonyl (C=O) groups excluding carboxylic acids is 1. The molecule has 2 fully saturated rings. The lowest BCUT2D eigenvalue weighted by Gasteiger charge is -2.23. The highest BCUT2D eigenvalue weighted by Crippen LogP contribution is 2.42. The molecule has 1 aliphatic heterocycles. The largest absolute Gasteiger partial charge is 0.480 e. The Balaban J connectivity index is 1.87. The van der Waals surface area contributed by atoms with Gasteiger partial charge in [-0.3, -0.25) is 9.78 Å². The van der Waals surface area contributed by atoms with Crippen molar-refractivity contribution in [3.63, 3.8) is 0 Å². The van der Waals surface area contributed by atoms with Crippen molar-refractivity contribution in [2.75, 3.05) is 6.54 Å². The van der Waals surface area contributed by atoms with Gasteiger partial charge in [0.05, 0.1) is 11.7 Å². The lowest BCUT2D eigenvalue weighted by molar-refractivity contribution is -0.142. The van der Waals surface area contributed by atoms with E-state index in [2.05, 4.69) is 4.98 Å². The molecule has 3 unspecified atom stereocenters. The molecule has 1 saturated carbocycles. The van der Waals surface area contributed by atoms with Gasteiger partial charge in [-0.1, -0.05) is 6.42 Å². The van der Waals surface area contributed by atoms with Gasteiger partial charge in [0.25, 0.3) is 5.91 Å². The zero-order chi connectivity index (χ0) is 12.7. The second-order valence-electron chi connectivity index (χ2n) is 4.96. The first-order valence-electron chi connectivity index (χ1n) is 6.10. The summed E-state index contributed by atoms with van der Waals surface area (Å²) in [6.45, 7) is 0.582. The predicted octanol–water partition coefficient (Wildman–Crippen LogP) is 1.47. The van der Waals surface area contributed by atoms with E-state index in [4.69, 9.17) is 0 Å². The minimum absolute atomic E-state index is 0.138. The molecule has 0 aromatic carbocycles. The third-order valence-corrected chi connectivity index (χ3v) is 4.81. The number of fused-ring (bicyclic) bond motifs is 1. The molecule has 0 spiro atoms. The Bertz CT molecular complexity index is 474. The lowest BCUT2D eigenvalue weighted by Crippen LogP contribution is -2.43. The fourth-order valence-corrected chi connectivity index (χ4v) is 3.87. The van der Waals surface area contributed by atoms with Crippen LogP contribution in [0.5, 0.6) is 0 Å². The molecule has 2 heterocycles. The first-order chi connectivity index (χ1) is 8.68. The number of amides is 1. The number of hydrogen-bond donors (Lipinski definition) is 1. The van der Waals surface area contributed by atoms with Crippen LogP contribution in [0.1, 0.15) is 28.9 Å². The van der Waals surface area contributed by atoms with Gasteiger partial charge in [-0.25, -0.2) is 4.79 Å². The molecule has 2 aliphatic rings. The molecule has 0 bridgehead atoms. The van der Waals surface area contributed by atoms with Crippen LogP contribution < -0.4 is 0 Å². The van der Waals surface area contributed by atoms with Gasteiger partial charge >= 0.3 is 5.97 Å². The quantitative estimate of drug-likeness (QED) is 0.880. The summed E-state index contributed by atoms with van der Waals surface area (Å²) in [6.07, 6.45) is 4.57. The van der Waals surface area contributed by atoms with E-state index < -0.39 is 12.0 Å². The van der Waals surface area contributed by atoms with Gasteiger partial charge in [-0.05, 0) is 24.7 Å². The Morgan fingerprint density at radius 1 is 1.44 bits per heavy atom. The second-order valence-corrected chi connectivity index (χ2v) is 5.85. The van der Waals surface area contributed by atoms with E-state index in [-0.39, 0.29) is 11.8 Å². The van der Waals surface area contributed by atoms with E-state index in [9.17, 15) is 14.7 Å². The second kappa shape index (κ2) is 4.35. The van der Waals surface area contributed by atoms with Crippen LogP contribution in [-0.2, 0) is 4.79 Å². The Hall–Kier alpha value is -1.43. The lowest BCUT2D eigenvalue weighted by atomic mass is 9.94. The fraction of sp³-hybridized carbons (Fsp3) is 0.583. The molecule has 1 saturated heterocycles. The third kappa shape index (κ3) is 1.71. The Morgan fingerprint density at radius 3 is 2.94 bits per heavy atom. The molecule has 6 heteroatoms. The van der Waals surface area contributed by atoms with Crippen molar-refractivity contribution in [2.45, 2.75) is 25.3 Å². The molecule has 96 valence electrons. The number of carboxylic acid groups (broad SMARTS) is 1. The van der Waals surface area contributed by atoms with Crippen LogP contribution in [0.25, 0.3) is 0 Å². The maximum absolute atomic E-state index is 12.3. The number of thiazole rings is 1. The van der Waals surface area contributed by atoms with Gasteiger partial charge in [0, 0.05) is 6.54 Å². The summed E-state index contributed by atoms with van der Waals surface area (Å²) in [6, 6.07) is -0.646. The van der Waals surface area contributed by atoms with Crippen molar-refractivity contribution in [3.05, 3.63) is 16.6 Å². The van der Waals surface area contributed by atoms with Crippen LogP contribution >= 0.6 is 11.3 Å². The van der Waals surface area contributed by atoms with Crippen molar-refractivity contribution in [2.24, 2.45) is 11.8 Å². The van der Waals surface area contributed by atoms with Gasteiger partial charge in [0.1, 0.15) is 10.9 Å². The molecule has 1 aromatic heterocycles. The summed E-state index contributed by atoms with van der Waals surface area (Å²) in [7, 11) is 0. The van der Waals surface area contributed by atoms with Gasteiger partial charge in [-0.15, -0.1) is 11.3 Å². The molecule has 1 N–H and O–H groups in total. The molecule has 3 atom stereocenters. The van der Waals surface area contributed by atoms with Gasteiger partial charge in [0.15, 0.2) is 0 Å². The number of carboxylic acids is 1. The number of hydrogen-bond acceptors (Lipinski definition) is 4. The monoisotopic (exact) mass is 266 g/mol. The normalized spacial score (nSPS) is 30.4. The summed E-state index contributed by atoms with van der Waals surface area (Å²) < 4.78 is 0. The number of likely N-dealkylation sites (tertiary alicyclic amines) is 1. The zero-order valence-corrected chi connectivity index (χ0v) is 10.6. The molecule has 18 heavy (non-hydrogen) atoms. The molecular formula is C12H14N2O3S. The average molecular weight is 266 g/mol. The first-order valence-corrected chi connectivity index (χ1v) is 6.98. The minimum Gasteiger partial charge on any atom is -0.480 e. The van der Waals surface area contributed by atoms with Crippen molar-refractivity contribution in [3.8, 4) is 0 Å². The SMILES string of the molecule is O=C(O)C1C2CCCC2CN1C(=O)c1cncs1. The Labute approximate surface area is 108 Å². The molecule has 1 amide bonds. The molecule has 3 rings (SSSR count). The molecule has 5 nitrogen and oxygen atoms in total. The predicted molar refractivity (Wildman–Crippen MR) is 65.4 cm³/mol. The maximum Gasteiger partial charge on any atom is 0.326 e. The average Bonchev–Trinajstić information content (AvgIpc) is 3.03. The standard InChI is InChI=1S/C12H14N2O3S/c15-11(9-4-13-6-18-9)14-5-7-2-1-3-8(7)10(14)12(16)17/h4,6-8,10H,1-3,5H2,(H,16,17). The van der Waals surface area contributed by atoms with Crippen LogP contribution in [0.4, 0.5) is 0 Å². The number of rotatable bonds is 2. The van der Waals surface area contributed by atoms with Crippen LogP contribution in [0.3, 0.4) is 0 Å². The Morgan fingerprint density at radius 2 is 2.28 bits per heavy atom. The van der Waals surface area contributed by atoms with Crippen molar-refractivity contribution < 1.29 is 14.7 Å². The van der Waals surface area contributed by atoms with Gasteiger partial charge < -0.3 is 10.0 Å². The van der Waals surface area contributed by atoms with E-state index in [1.54, 1.807) is 5.51 Å². The highest BCUT2D eigenvalue weighted by Gasteiger charge is 2.49. The van der Waals surface area contributed by atoms with E-state index in [0.29, 0.717) is 17.3 Å². The highest BCUT2D eigenvalue weighted by atomic mass is 32.1. The topological polar surface area (TPSA) is 70.5 Å². The number of carbonyl (C=O) groups is 2. The number of aliphatic carboxylic acids is 1. The van der Waals surface area contributed by atoms with Crippen LogP contribution in [-0.4, -0.2) is 39.5 Å². The summed E-state index contributed by atoms with van der Waals surface area (Å²) in [4.78, 5) is 29.7. The van der Waals surface area contributed by atoms with Gasteiger partial charge in [-0.2, -0.15) is 0 Å². The van der Waals surface area contributed by atoms with Gasteiger partial charge in [0.2, 0.25) is 0 Å². The highest BCUT2D eigenvalue weighted by molar-refractivity contribution is 7.11. The van der Waals surface area contributed by atoms with E-state index in [0.717, 1.165) is 19.3 Å². The summed E-state index contributed by atoms with van der Waals surface area (Å²) in [5, 5.41) is 9.37. The van der Waals surface area contributed by atoms with Crippen LogP contribution in [0, 0.1) is 11.8 Å². The Kier molecular flexibility index (Phi) is 2.81. The van der Waals surface area contributed by atoms with Crippen molar-refractivity contribution >= 4 is 23.2 Å². The summed E-state index contributed by atoms with van der Waals surface area (Å²) in [5.74, 6) is -0.552. The van der Waals surface area contributed by atoms with Crippen LogP contribution in [0.2, 0.25) is 0 Å². The fourth-order valence-electron chi connectivity index (χ4n) is 3.29. The zero-order valence-electron chi connectivity index (χ0n) is 9.78. The van der Waals surface area contributed by atoms with Crippen molar-refractivity contribution in [1.29, 1.82) is 0 Å². The first kappa shape index (κ1) is 11.6. The molecular weight excluding hydrogens is 252 g/mol. The molecule has 0 radical (unpaired) electrons.